The second-order valence-corrected chi connectivity index (χ2v) is 8.82. The molecule has 2 heterocycles. The number of hydrogen-bond donors (Lipinski definition) is 2. The van der Waals surface area contributed by atoms with Gasteiger partial charge in [-0.15, -0.1) is 0 Å². The first-order chi connectivity index (χ1) is 14.2. The number of carbonyl (C=O) groups excluding carboxylic acids is 2. The molecule has 162 valence electrons. The van der Waals surface area contributed by atoms with Crippen LogP contribution in [0.2, 0.25) is 0 Å². The zero-order chi connectivity index (χ0) is 21.7. The van der Waals surface area contributed by atoms with Gasteiger partial charge in [0.2, 0.25) is 11.8 Å². The van der Waals surface area contributed by atoms with Crippen LogP contribution in [0.5, 0.6) is 0 Å². The Balaban J connectivity index is 1.49. The molecule has 1 aliphatic heterocycles. The number of aryl methyl sites for hydroxylation is 1. The fraction of sp³-hybridized carbons (Fsp3) is 0.500. The second-order valence-electron chi connectivity index (χ2n) is 8.82. The molecule has 2 N–H and O–H groups in total. The molecule has 8 heteroatoms. The molecule has 8 nitrogen and oxygen atoms in total. The van der Waals surface area contributed by atoms with E-state index in [0.717, 1.165) is 37.6 Å². The highest BCUT2D eigenvalue weighted by atomic mass is 16.2. The number of para-hydroxylation sites is 1. The standard InChI is InChI=1S/C22H32N6O2/c1-17-14-19(28(25-17)18-8-6-5-7-9-18)23-20(29)15-26-10-12-27(13-11-26)16-21(30)24-22(2,3)4/h5-9,14H,10-13,15-16H2,1-4H3,(H,23,29)(H,24,30). The first-order valence-electron chi connectivity index (χ1n) is 10.4. The zero-order valence-corrected chi connectivity index (χ0v) is 18.3. The van der Waals surface area contributed by atoms with Crippen LogP contribution in [0.15, 0.2) is 36.4 Å². The molecular formula is C22H32N6O2. The van der Waals surface area contributed by atoms with E-state index in [0.29, 0.717) is 18.9 Å². The van der Waals surface area contributed by atoms with Crippen molar-refractivity contribution >= 4 is 17.6 Å². The van der Waals surface area contributed by atoms with Crippen LogP contribution in [0.4, 0.5) is 5.82 Å². The van der Waals surface area contributed by atoms with E-state index < -0.39 is 0 Å². The maximum absolute atomic E-state index is 12.6. The summed E-state index contributed by atoms with van der Waals surface area (Å²) < 4.78 is 1.75. The van der Waals surface area contributed by atoms with Gasteiger partial charge < -0.3 is 10.6 Å². The lowest BCUT2D eigenvalue weighted by Gasteiger charge is -2.34. The predicted octanol–water partition coefficient (Wildman–Crippen LogP) is 1.65. The number of anilines is 1. The molecule has 0 radical (unpaired) electrons. The van der Waals surface area contributed by atoms with Gasteiger partial charge in [0, 0.05) is 37.8 Å². The molecule has 1 aromatic carbocycles. The first kappa shape index (κ1) is 22.0. The number of hydrogen-bond acceptors (Lipinski definition) is 5. The summed E-state index contributed by atoms with van der Waals surface area (Å²) in [7, 11) is 0. The molecule has 1 aliphatic rings. The normalized spacial score (nSPS) is 15.7. The minimum Gasteiger partial charge on any atom is -0.350 e. The Bertz CT molecular complexity index is 863. The molecule has 0 unspecified atom stereocenters. The number of aromatic nitrogens is 2. The highest BCUT2D eigenvalue weighted by Crippen LogP contribution is 2.17. The van der Waals surface area contributed by atoms with Gasteiger partial charge in [0.1, 0.15) is 5.82 Å². The smallest absolute Gasteiger partial charge is 0.239 e. The number of nitrogens with zero attached hydrogens (tertiary/aromatic N) is 4. The zero-order valence-electron chi connectivity index (χ0n) is 18.3. The van der Waals surface area contributed by atoms with Crippen LogP contribution < -0.4 is 10.6 Å². The van der Waals surface area contributed by atoms with Crippen molar-refractivity contribution in [2.45, 2.75) is 33.2 Å². The van der Waals surface area contributed by atoms with Crippen LogP contribution in [-0.2, 0) is 9.59 Å². The third-order valence-corrected chi connectivity index (χ3v) is 4.81. The van der Waals surface area contributed by atoms with Crippen molar-refractivity contribution in [2.24, 2.45) is 0 Å². The third-order valence-electron chi connectivity index (χ3n) is 4.81. The lowest BCUT2D eigenvalue weighted by molar-refractivity contribution is -0.124. The van der Waals surface area contributed by atoms with Crippen LogP contribution in [0, 0.1) is 6.92 Å². The number of carbonyl (C=O) groups is 2. The monoisotopic (exact) mass is 412 g/mol. The highest BCUT2D eigenvalue weighted by molar-refractivity contribution is 5.91. The molecule has 0 spiro atoms. The molecule has 30 heavy (non-hydrogen) atoms. The second kappa shape index (κ2) is 9.40. The molecule has 0 saturated carbocycles. The van der Waals surface area contributed by atoms with Crippen molar-refractivity contribution < 1.29 is 9.59 Å². The Morgan fingerprint density at radius 1 is 0.967 bits per heavy atom. The van der Waals surface area contributed by atoms with Crippen LogP contribution in [0.25, 0.3) is 5.69 Å². The number of rotatable bonds is 6. The quantitative estimate of drug-likeness (QED) is 0.754. The fourth-order valence-corrected chi connectivity index (χ4v) is 3.51. The Morgan fingerprint density at radius 2 is 1.53 bits per heavy atom. The van der Waals surface area contributed by atoms with E-state index in [4.69, 9.17) is 0 Å². The van der Waals surface area contributed by atoms with E-state index >= 15 is 0 Å². The molecule has 1 aromatic heterocycles. The molecular weight excluding hydrogens is 380 g/mol. The van der Waals surface area contributed by atoms with E-state index in [9.17, 15) is 9.59 Å². The summed E-state index contributed by atoms with van der Waals surface area (Å²) in [5.41, 5.74) is 1.53. The average molecular weight is 413 g/mol. The number of nitrogens with one attached hydrogen (secondary N) is 2. The van der Waals surface area contributed by atoms with Gasteiger partial charge >= 0.3 is 0 Å². The summed E-state index contributed by atoms with van der Waals surface area (Å²) in [5.74, 6) is 0.644. The van der Waals surface area contributed by atoms with Crippen LogP contribution in [-0.4, -0.2) is 76.2 Å². The van der Waals surface area contributed by atoms with Gasteiger partial charge in [-0.1, -0.05) is 18.2 Å². The van der Waals surface area contributed by atoms with Gasteiger partial charge in [0.05, 0.1) is 24.5 Å². The predicted molar refractivity (Wildman–Crippen MR) is 118 cm³/mol. The van der Waals surface area contributed by atoms with Gasteiger partial charge in [-0.05, 0) is 39.8 Å². The van der Waals surface area contributed by atoms with Crippen molar-refractivity contribution in [3.05, 3.63) is 42.1 Å². The summed E-state index contributed by atoms with van der Waals surface area (Å²) in [4.78, 5) is 29.0. The van der Waals surface area contributed by atoms with E-state index in [2.05, 4.69) is 25.5 Å². The molecule has 0 atom stereocenters. The topological polar surface area (TPSA) is 82.5 Å². The van der Waals surface area contributed by atoms with E-state index in [-0.39, 0.29) is 17.4 Å². The summed E-state index contributed by atoms with van der Waals surface area (Å²) in [6.07, 6.45) is 0. The Hall–Kier alpha value is -2.71. The van der Waals surface area contributed by atoms with Crippen molar-refractivity contribution in [2.75, 3.05) is 44.6 Å². The molecule has 1 saturated heterocycles. The number of amides is 2. The van der Waals surface area contributed by atoms with Gasteiger partial charge in [-0.25, -0.2) is 4.68 Å². The largest absolute Gasteiger partial charge is 0.350 e. The molecule has 3 rings (SSSR count). The van der Waals surface area contributed by atoms with E-state index in [1.54, 1.807) is 4.68 Å². The summed E-state index contributed by atoms with van der Waals surface area (Å²) in [6.45, 7) is 11.6. The minimum atomic E-state index is -0.221. The number of piperazine rings is 1. The summed E-state index contributed by atoms with van der Waals surface area (Å²) in [6, 6.07) is 11.6. The SMILES string of the molecule is Cc1cc(NC(=O)CN2CCN(CC(=O)NC(C)(C)C)CC2)n(-c2ccccc2)n1. The lowest BCUT2D eigenvalue weighted by atomic mass is 10.1. The molecule has 2 amide bonds. The molecule has 0 aliphatic carbocycles. The van der Waals surface area contributed by atoms with Gasteiger partial charge in [-0.3, -0.25) is 19.4 Å². The van der Waals surface area contributed by atoms with Crippen LogP contribution in [0.1, 0.15) is 26.5 Å². The van der Waals surface area contributed by atoms with Gasteiger partial charge in [-0.2, -0.15) is 5.10 Å². The summed E-state index contributed by atoms with van der Waals surface area (Å²) in [5, 5.41) is 10.5. The lowest BCUT2D eigenvalue weighted by Crippen LogP contribution is -2.52. The van der Waals surface area contributed by atoms with Crippen LogP contribution in [0.3, 0.4) is 0 Å². The highest BCUT2D eigenvalue weighted by Gasteiger charge is 2.22. The average Bonchev–Trinajstić information content (AvgIpc) is 3.02. The Labute approximate surface area is 178 Å². The first-order valence-corrected chi connectivity index (χ1v) is 10.4. The Morgan fingerprint density at radius 3 is 2.10 bits per heavy atom. The molecule has 2 aromatic rings. The third kappa shape index (κ3) is 6.40. The van der Waals surface area contributed by atoms with Crippen LogP contribution >= 0.6 is 0 Å². The van der Waals surface area contributed by atoms with E-state index in [1.165, 1.54) is 0 Å². The van der Waals surface area contributed by atoms with E-state index in [1.807, 2.05) is 64.1 Å². The summed E-state index contributed by atoms with van der Waals surface area (Å²) >= 11 is 0. The van der Waals surface area contributed by atoms with Crippen molar-refractivity contribution in [3.63, 3.8) is 0 Å². The fourth-order valence-electron chi connectivity index (χ4n) is 3.51. The molecule has 0 bridgehead atoms. The van der Waals surface area contributed by atoms with Crippen molar-refractivity contribution in [3.8, 4) is 5.69 Å². The number of benzene rings is 1. The van der Waals surface area contributed by atoms with Crippen molar-refractivity contribution in [1.82, 2.24) is 24.9 Å². The van der Waals surface area contributed by atoms with Crippen molar-refractivity contribution in [1.29, 1.82) is 0 Å². The minimum absolute atomic E-state index is 0.0400. The maximum Gasteiger partial charge on any atom is 0.239 e. The van der Waals surface area contributed by atoms with Gasteiger partial charge in [0.25, 0.3) is 0 Å². The van der Waals surface area contributed by atoms with Gasteiger partial charge in [0.15, 0.2) is 0 Å². The molecule has 1 fully saturated rings. The Kier molecular flexibility index (Phi) is 6.89. The maximum atomic E-state index is 12.6.